The molecule has 0 aliphatic carbocycles. The molecule has 3 rings (SSSR count). The molecule has 0 fully saturated rings. The Kier molecular flexibility index (Phi) is 4.51. The van der Waals surface area contributed by atoms with Crippen LogP contribution >= 0.6 is 0 Å². The third kappa shape index (κ3) is 3.40. The van der Waals surface area contributed by atoms with Crippen molar-refractivity contribution < 1.29 is 4.74 Å². The fourth-order valence-electron chi connectivity index (χ4n) is 2.24. The summed E-state index contributed by atoms with van der Waals surface area (Å²) in [6.45, 7) is 8.00. The number of aryl methyl sites for hydroxylation is 2. The van der Waals surface area contributed by atoms with Crippen LogP contribution < -0.4 is 4.74 Å². The molecule has 0 saturated carbocycles. The Hall–Kier alpha value is -3.22. The van der Waals surface area contributed by atoms with E-state index in [1.54, 1.807) is 28.0 Å². The van der Waals surface area contributed by atoms with Gasteiger partial charge >= 0.3 is 0 Å². The number of rotatable bonds is 6. The molecule has 0 unspecified atom stereocenters. The van der Waals surface area contributed by atoms with Gasteiger partial charge in [0.25, 0.3) is 5.95 Å². The third-order valence-electron chi connectivity index (χ3n) is 3.27. The van der Waals surface area contributed by atoms with Crippen LogP contribution in [0.2, 0.25) is 0 Å². The molecule has 1 aromatic carbocycles. The molecule has 0 atom stereocenters. The maximum absolute atomic E-state index is 5.52. The Morgan fingerprint density at radius 1 is 1.29 bits per heavy atom. The van der Waals surface area contributed by atoms with Crippen molar-refractivity contribution in [2.24, 2.45) is 5.10 Å². The van der Waals surface area contributed by atoms with Crippen LogP contribution in [0.3, 0.4) is 0 Å². The first-order chi connectivity index (χ1) is 11.7. The molecule has 0 saturated heterocycles. The van der Waals surface area contributed by atoms with Crippen LogP contribution in [0.15, 0.2) is 54.4 Å². The summed E-state index contributed by atoms with van der Waals surface area (Å²) in [6, 6.07) is 9.62. The van der Waals surface area contributed by atoms with Crippen molar-refractivity contribution in [1.82, 2.24) is 24.7 Å². The summed E-state index contributed by atoms with van der Waals surface area (Å²) in [4.78, 5) is 0. The lowest BCUT2D eigenvalue weighted by Crippen LogP contribution is -2.06. The van der Waals surface area contributed by atoms with Crippen molar-refractivity contribution in [3.8, 4) is 11.7 Å². The molecule has 0 aliphatic rings. The van der Waals surface area contributed by atoms with Crippen LogP contribution in [0, 0.1) is 13.8 Å². The lowest BCUT2D eigenvalue weighted by molar-refractivity contribution is 0.363. The first-order valence-electron chi connectivity index (χ1n) is 7.49. The number of hydrogen-bond acceptors (Lipinski definition) is 5. The minimum Gasteiger partial charge on any atom is -0.490 e. The van der Waals surface area contributed by atoms with Crippen LogP contribution in [0.1, 0.15) is 17.0 Å². The average Bonchev–Trinajstić information content (AvgIpc) is 3.17. The van der Waals surface area contributed by atoms with Crippen molar-refractivity contribution in [3.63, 3.8) is 0 Å². The van der Waals surface area contributed by atoms with Crippen LogP contribution in [-0.4, -0.2) is 37.5 Å². The molecule has 24 heavy (non-hydrogen) atoms. The van der Waals surface area contributed by atoms with E-state index in [1.165, 1.54) is 0 Å². The van der Waals surface area contributed by atoms with Gasteiger partial charge in [-0.25, -0.2) is 4.68 Å². The number of hydrogen-bond donors (Lipinski definition) is 0. The Morgan fingerprint density at radius 3 is 2.92 bits per heavy atom. The van der Waals surface area contributed by atoms with Crippen molar-refractivity contribution in [2.45, 2.75) is 13.8 Å². The molecule has 7 nitrogen and oxygen atoms in total. The van der Waals surface area contributed by atoms with Crippen molar-refractivity contribution in [1.29, 1.82) is 0 Å². The van der Waals surface area contributed by atoms with Gasteiger partial charge in [0, 0.05) is 5.69 Å². The van der Waals surface area contributed by atoms with Gasteiger partial charge in [0.2, 0.25) is 0 Å². The number of ether oxygens (including phenoxy) is 1. The van der Waals surface area contributed by atoms with Gasteiger partial charge < -0.3 is 4.74 Å². The summed E-state index contributed by atoms with van der Waals surface area (Å²) in [5.41, 5.74) is 2.79. The number of aromatic nitrogens is 5. The molecule has 2 heterocycles. The molecule has 122 valence electrons. The predicted octanol–water partition coefficient (Wildman–Crippen LogP) is 2.53. The summed E-state index contributed by atoms with van der Waals surface area (Å²) in [5, 5.41) is 16.8. The molecule has 2 aromatic heterocycles. The van der Waals surface area contributed by atoms with E-state index in [4.69, 9.17) is 4.74 Å². The third-order valence-corrected chi connectivity index (χ3v) is 3.27. The van der Waals surface area contributed by atoms with E-state index < -0.39 is 0 Å². The summed E-state index contributed by atoms with van der Waals surface area (Å²) in [6.07, 6.45) is 4.97. The zero-order valence-corrected chi connectivity index (χ0v) is 13.6. The Bertz CT molecular complexity index is 877. The van der Waals surface area contributed by atoms with E-state index in [1.807, 2.05) is 44.2 Å². The first-order valence-corrected chi connectivity index (χ1v) is 7.49. The van der Waals surface area contributed by atoms with Gasteiger partial charge in [0.15, 0.2) is 0 Å². The standard InChI is InChI=1S/C17H18N6O/c1-4-8-24-16-7-5-6-15(10-16)11-19-22-12-18-20-17(22)23-14(3)9-13(2)21-23/h4-7,9-12H,1,8H2,2-3H3/b19-11-. The highest BCUT2D eigenvalue weighted by Gasteiger charge is 2.10. The monoisotopic (exact) mass is 322 g/mol. The fraction of sp³-hybridized carbons (Fsp3) is 0.176. The van der Waals surface area contributed by atoms with Crippen LogP contribution in [0.5, 0.6) is 5.75 Å². The average molecular weight is 322 g/mol. The topological polar surface area (TPSA) is 70.1 Å². The van der Waals surface area contributed by atoms with Gasteiger partial charge in [-0.2, -0.15) is 14.9 Å². The molecule has 0 spiro atoms. The zero-order valence-electron chi connectivity index (χ0n) is 13.6. The van der Waals surface area contributed by atoms with Gasteiger partial charge in [-0.3, -0.25) is 0 Å². The Morgan fingerprint density at radius 2 is 2.17 bits per heavy atom. The van der Waals surface area contributed by atoms with Gasteiger partial charge in [0.1, 0.15) is 18.7 Å². The molecule has 7 heteroatoms. The highest BCUT2D eigenvalue weighted by molar-refractivity contribution is 5.80. The normalized spacial score (nSPS) is 11.1. The second-order valence-corrected chi connectivity index (χ2v) is 5.23. The molecular weight excluding hydrogens is 304 g/mol. The van der Waals surface area contributed by atoms with E-state index in [9.17, 15) is 0 Å². The maximum atomic E-state index is 5.52. The van der Waals surface area contributed by atoms with E-state index in [0.717, 1.165) is 22.7 Å². The summed E-state index contributed by atoms with van der Waals surface area (Å²) < 4.78 is 8.81. The number of nitrogens with zero attached hydrogens (tertiary/aromatic N) is 6. The largest absolute Gasteiger partial charge is 0.490 e. The minimum atomic E-state index is 0.466. The highest BCUT2D eigenvalue weighted by Crippen LogP contribution is 2.13. The van der Waals surface area contributed by atoms with E-state index in [-0.39, 0.29) is 0 Å². The second kappa shape index (κ2) is 6.91. The van der Waals surface area contributed by atoms with Crippen molar-refractivity contribution >= 4 is 6.21 Å². The van der Waals surface area contributed by atoms with E-state index >= 15 is 0 Å². The van der Waals surface area contributed by atoms with Gasteiger partial charge in [-0.1, -0.05) is 24.8 Å². The Balaban J connectivity index is 1.85. The van der Waals surface area contributed by atoms with Crippen LogP contribution in [-0.2, 0) is 0 Å². The van der Waals surface area contributed by atoms with Gasteiger partial charge in [0.05, 0.1) is 11.9 Å². The van der Waals surface area contributed by atoms with E-state index in [0.29, 0.717) is 12.6 Å². The van der Waals surface area contributed by atoms with Crippen molar-refractivity contribution in [3.05, 3.63) is 66.3 Å². The van der Waals surface area contributed by atoms with Gasteiger partial charge in [-0.05, 0) is 37.6 Å². The Labute approximate surface area is 139 Å². The van der Waals surface area contributed by atoms with Crippen molar-refractivity contribution in [2.75, 3.05) is 6.61 Å². The lowest BCUT2D eigenvalue weighted by Gasteiger charge is -2.04. The fourth-order valence-corrected chi connectivity index (χ4v) is 2.24. The molecule has 0 radical (unpaired) electrons. The molecule has 3 aromatic rings. The number of benzene rings is 1. The minimum absolute atomic E-state index is 0.466. The van der Waals surface area contributed by atoms with E-state index in [2.05, 4.69) is 27.0 Å². The summed E-state index contributed by atoms with van der Waals surface area (Å²) in [5.74, 6) is 1.30. The SMILES string of the molecule is C=CCOc1cccc(/C=N\n2cnnc2-n2nc(C)cc2C)c1. The summed E-state index contributed by atoms with van der Waals surface area (Å²) in [7, 11) is 0. The molecule has 0 aliphatic heterocycles. The molecule has 0 amide bonds. The highest BCUT2D eigenvalue weighted by atomic mass is 16.5. The van der Waals surface area contributed by atoms with Crippen LogP contribution in [0.4, 0.5) is 0 Å². The zero-order chi connectivity index (χ0) is 16.9. The molecule has 0 bridgehead atoms. The van der Waals surface area contributed by atoms with Gasteiger partial charge in [-0.15, -0.1) is 10.2 Å². The lowest BCUT2D eigenvalue weighted by atomic mass is 10.2. The van der Waals surface area contributed by atoms with Crippen LogP contribution in [0.25, 0.3) is 5.95 Å². The molecule has 0 N–H and O–H groups in total. The predicted molar refractivity (Wildman–Crippen MR) is 91.7 cm³/mol. The first kappa shape index (κ1) is 15.7. The molecular formula is C17H18N6O. The quantitative estimate of drug-likeness (QED) is 0.516. The second-order valence-electron chi connectivity index (χ2n) is 5.23. The smallest absolute Gasteiger partial charge is 0.273 e. The maximum Gasteiger partial charge on any atom is 0.273 e. The summed E-state index contributed by atoms with van der Waals surface area (Å²) >= 11 is 0.